The number of benzene rings is 2. The monoisotopic (exact) mass is 334 g/mol. The van der Waals surface area contributed by atoms with Crippen molar-refractivity contribution >= 4 is 12.2 Å². The smallest absolute Gasteiger partial charge is 0.0991 e. The molecule has 2 rings (SSSR count). The molecule has 0 spiro atoms. The van der Waals surface area contributed by atoms with E-state index in [0.29, 0.717) is 11.1 Å². The second-order valence-electron chi connectivity index (χ2n) is 5.34. The Kier molecular flexibility index (Phi) is 7.68. The Morgan fingerprint density at radius 2 is 1.00 bits per heavy atom. The fraction of sp³-hybridized carbons (Fsp3) is 0. The Labute approximate surface area is 154 Å². The van der Waals surface area contributed by atoms with Gasteiger partial charge in [0.25, 0.3) is 0 Å². The van der Waals surface area contributed by atoms with Gasteiger partial charge in [-0.05, 0) is 35.4 Å². The van der Waals surface area contributed by atoms with E-state index in [-0.39, 0.29) is 0 Å². The summed E-state index contributed by atoms with van der Waals surface area (Å²) in [5.41, 5.74) is 3.08. The lowest BCUT2D eigenvalue weighted by atomic mass is 10.1. The average Bonchev–Trinajstić information content (AvgIpc) is 2.70. The highest BCUT2D eigenvalue weighted by atomic mass is 14.2. The Balaban J connectivity index is 2.04. The number of allylic oxidation sites excluding steroid dienone is 8. The first kappa shape index (κ1) is 18.5. The van der Waals surface area contributed by atoms with E-state index in [9.17, 15) is 10.5 Å². The van der Waals surface area contributed by atoms with E-state index in [0.717, 1.165) is 11.1 Å². The van der Waals surface area contributed by atoms with Gasteiger partial charge in [0, 0.05) is 0 Å². The summed E-state index contributed by atoms with van der Waals surface area (Å²) in [6.45, 7) is 0. The van der Waals surface area contributed by atoms with Gasteiger partial charge in [0.15, 0.2) is 0 Å². The minimum absolute atomic E-state index is 0.477. The van der Waals surface area contributed by atoms with Crippen molar-refractivity contribution in [3.63, 3.8) is 0 Å². The summed E-state index contributed by atoms with van der Waals surface area (Å²) in [6, 6.07) is 23.9. The molecule has 0 radical (unpaired) electrons. The molecule has 0 bridgehead atoms. The topological polar surface area (TPSA) is 47.6 Å². The first-order valence-corrected chi connectivity index (χ1v) is 8.17. The molecule has 0 aliphatic carbocycles. The number of hydrogen-bond acceptors (Lipinski definition) is 2. The molecule has 0 atom stereocenters. The van der Waals surface area contributed by atoms with Gasteiger partial charge in [-0.15, -0.1) is 0 Å². The van der Waals surface area contributed by atoms with Crippen molar-refractivity contribution in [2.24, 2.45) is 0 Å². The molecule has 0 amide bonds. The van der Waals surface area contributed by atoms with Gasteiger partial charge in [0.2, 0.25) is 0 Å². The lowest BCUT2D eigenvalue weighted by Gasteiger charge is -1.91. The normalized spacial score (nSPS) is 12.5. The molecule has 0 heterocycles. The summed E-state index contributed by atoms with van der Waals surface area (Å²) in [6.07, 6.45) is 14.2. The maximum Gasteiger partial charge on any atom is 0.0991 e. The molecule has 0 fully saturated rings. The Morgan fingerprint density at radius 1 is 0.615 bits per heavy atom. The molecule has 26 heavy (non-hydrogen) atoms. The lowest BCUT2D eigenvalue weighted by Crippen LogP contribution is -1.75. The highest BCUT2D eigenvalue weighted by Crippen LogP contribution is 2.06. The van der Waals surface area contributed by atoms with Crippen molar-refractivity contribution in [1.82, 2.24) is 0 Å². The van der Waals surface area contributed by atoms with Crippen LogP contribution in [0.1, 0.15) is 11.1 Å². The van der Waals surface area contributed by atoms with Crippen LogP contribution in [0.5, 0.6) is 0 Å². The summed E-state index contributed by atoms with van der Waals surface area (Å²) in [7, 11) is 0. The van der Waals surface area contributed by atoms with Crippen LogP contribution in [0.25, 0.3) is 12.2 Å². The Morgan fingerprint density at radius 3 is 1.35 bits per heavy atom. The van der Waals surface area contributed by atoms with Crippen molar-refractivity contribution < 1.29 is 0 Å². The zero-order valence-corrected chi connectivity index (χ0v) is 14.3. The van der Waals surface area contributed by atoms with Crippen molar-refractivity contribution in [2.75, 3.05) is 0 Å². The summed E-state index contributed by atoms with van der Waals surface area (Å²) in [4.78, 5) is 0. The molecule has 0 aliphatic heterocycles. The molecular weight excluding hydrogens is 316 g/mol. The third-order valence-corrected chi connectivity index (χ3v) is 3.43. The second-order valence-corrected chi connectivity index (χ2v) is 5.34. The average molecular weight is 334 g/mol. The maximum atomic E-state index is 9.21. The van der Waals surface area contributed by atoms with Crippen molar-refractivity contribution in [2.45, 2.75) is 0 Å². The van der Waals surface area contributed by atoms with Crippen LogP contribution in [0.4, 0.5) is 0 Å². The number of nitrogens with zero attached hydrogens (tertiary/aromatic N) is 2. The van der Waals surface area contributed by atoms with Gasteiger partial charge in [0.05, 0.1) is 23.3 Å². The largest absolute Gasteiger partial charge is 0.192 e. The number of hydrogen-bond donors (Lipinski definition) is 0. The quantitative estimate of drug-likeness (QED) is 0.490. The van der Waals surface area contributed by atoms with Crippen LogP contribution in [0, 0.1) is 22.7 Å². The molecule has 0 aromatic heterocycles. The molecule has 0 aliphatic rings. The molecular formula is C24H18N2. The zero-order chi connectivity index (χ0) is 18.5. The van der Waals surface area contributed by atoms with Gasteiger partial charge >= 0.3 is 0 Å². The van der Waals surface area contributed by atoms with E-state index in [1.807, 2.05) is 85.0 Å². The van der Waals surface area contributed by atoms with Gasteiger partial charge < -0.3 is 0 Å². The molecule has 2 nitrogen and oxygen atoms in total. The standard InChI is InChI=1S/C24H18N2/c25-19-23(15-7-13-21-9-3-1-4-10-21)17-18-24(20-26)16-8-14-22-11-5-2-6-12-22/h1-18H/b13-7+,14-8+,18-17+,23-15-,24-16+. The van der Waals surface area contributed by atoms with Gasteiger partial charge in [-0.2, -0.15) is 10.5 Å². The molecule has 0 saturated heterocycles. The summed E-state index contributed by atoms with van der Waals surface area (Å²) in [5, 5.41) is 18.4. The number of rotatable bonds is 6. The first-order chi connectivity index (χ1) is 12.8. The van der Waals surface area contributed by atoms with Crippen LogP contribution in [0.3, 0.4) is 0 Å². The van der Waals surface area contributed by atoms with Crippen molar-refractivity contribution in [3.8, 4) is 12.1 Å². The maximum absolute atomic E-state index is 9.21. The fourth-order valence-electron chi connectivity index (χ4n) is 2.09. The van der Waals surface area contributed by atoms with Crippen LogP contribution >= 0.6 is 0 Å². The number of nitriles is 2. The zero-order valence-electron chi connectivity index (χ0n) is 14.3. The fourth-order valence-corrected chi connectivity index (χ4v) is 2.09. The van der Waals surface area contributed by atoms with Crippen LogP contribution in [-0.4, -0.2) is 0 Å². The minimum atomic E-state index is 0.477. The third-order valence-electron chi connectivity index (χ3n) is 3.43. The predicted octanol–water partition coefficient (Wildman–Crippen LogP) is 5.87. The van der Waals surface area contributed by atoms with E-state index < -0.39 is 0 Å². The van der Waals surface area contributed by atoms with Crippen LogP contribution < -0.4 is 0 Å². The lowest BCUT2D eigenvalue weighted by molar-refractivity contribution is 1.48. The molecule has 0 N–H and O–H groups in total. The van der Waals surface area contributed by atoms with Crippen molar-refractivity contribution in [3.05, 3.63) is 119 Å². The van der Waals surface area contributed by atoms with E-state index >= 15 is 0 Å². The predicted molar refractivity (Wildman–Crippen MR) is 107 cm³/mol. The molecule has 2 aromatic rings. The summed E-state index contributed by atoms with van der Waals surface area (Å²) < 4.78 is 0. The van der Waals surface area contributed by atoms with Crippen LogP contribution in [0.2, 0.25) is 0 Å². The highest BCUT2D eigenvalue weighted by Gasteiger charge is 1.90. The summed E-state index contributed by atoms with van der Waals surface area (Å²) >= 11 is 0. The van der Waals surface area contributed by atoms with Gasteiger partial charge in [0.1, 0.15) is 0 Å². The van der Waals surface area contributed by atoms with Crippen LogP contribution in [-0.2, 0) is 0 Å². The Hall–Kier alpha value is -3.88. The van der Waals surface area contributed by atoms with E-state index in [2.05, 4.69) is 12.1 Å². The molecule has 0 unspecified atom stereocenters. The van der Waals surface area contributed by atoms with Gasteiger partial charge in [-0.25, -0.2) is 0 Å². The minimum Gasteiger partial charge on any atom is -0.192 e. The van der Waals surface area contributed by atoms with Crippen molar-refractivity contribution in [1.29, 1.82) is 10.5 Å². The first-order valence-electron chi connectivity index (χ1n) is 8.17. The molecule has 124 valence electrons. The van der Waals surface area contributed by atoms with E-state index in [4.69, 9.17) is 0 Å². The summed E-state index contributed by atoms with van der Waals surface area (Å²) in [5.74, 6) is 0. The highest BCUT2D eigenvalue weighted by molar-refractivity contribution is 5.54. The SMILES string of the molecule is N#CC(=C\C=C\c1ccccc1)/C=C/C(C#N)=C\C=C\c1ccccc1. The van der Waals surface area contributed by atoms with E-state index in [1.54, 1.807) is 24.3 Å². The van der Waals surface area contributed by atoms with Crippen LogP contribution in [0.15, 0.2) is 108 Å². The third kappa shape index (κ3) is 6.71. The second kappa shape index (κ2) is 10.8. The van der Waals surface area contributed by atoms with Gasteiger partial charge in [-0.3, -0.25) is 0 Å². The Bertz CT molecular complexity index is 850. The van der Waals surface area contributed by atoms with Gasteiger partial charge in [-0.1, -0.05) is 85.0 Å². The molecule has 0 saturated carbocycles. The molecule has 2 heteroatoms. The molecule has 2 aromatic carbocycles. The van der Waals surface area contributed by atoms with E-state index in [1.165, 1.54) is 0 Å².